The van der Waals surface area contributed by atoms with E-state index in [4.69, 9.17) is 16.0 Å². The summed E-state index contributed by atoms with van der Waals surface area (Å²) in [6, 6.07) is 8.32. The van der Waals surface area contributed by atoms with Crippen molar-refractivity contribution < 1.29 is 9.21 Å². The number of carbonyl (C=O) groups is 1. The molecule has 2 heterocycles. The maximum absolute atomic E-state index is 11.9. The van der Waals surface area contributed by atoms with Crippen LogP contribution >= 0.6 is 11.6 Å². The largest absolute Gasteiger partial charge is 0.464 e. The van der Waals surface area contributed by atoms with Gasteiger partial charge in [-0.05, 0) is 37.3 Å². The van der Waals surface area contributed by atoms with Crippen LogP contribution in [0, 0.1) is 6.92 Å². The van der Waals surface area contributed by atoms with E-state index in [0.29, 0.717) is 11.4 Å². The maximum Gasteiger partial charge on any atom is 0.326 e. The zero-order valence-electron chi connectivity index (χ0n) is 11.1. The van der Waals surface area contributed by atoms with E-state index in [1.54, 1.807) is 31.4 Å². The van der Waals surface area contributed by atoms with Crippen LogP contribution in [0.4, 0.5) is 16.4 Å². The highest BCUT2D eigenvalue weighted by atomic mass is 35.5. The normalized spacial score (nSPS) is 10.6. The third-order valence-electron chi connectivity index (χ3n) is 2.76. The first kappa shape index (κ1) is 13.4. The standard InChI is InChI=1S/C14H11ClN4O2/c1-8-6-12(15)18-13(16-8)19-14(20)17-10-2-3-11-9(7-10)4-5-21-11/h2-7H,1H3,(H2,16,17,18,19,20). The molecule has 0 bridgehead atoms. The highest BCUT2D eigenvalue weighted by Gasteiger charge is 2.07. The number of fused-ring (bicyclic) bond motifs is 1. The van der Waals surface area contributed by atoms with E-state index >= 15 is 0 Å². The van der Waals surface area contributed by atoms with Gasteiger partial charge in [-0.25, -0.2) is 14.8 Å². The summed E-state index contributed by atoms with van der Waals surface area (Å²) in [7, 11) is 0. The van der Waals surface area contributed by atoms with Gasteiger partial charge >= 0.3 is 6.03 Å². The molecule has 2 aromatic heterocycles. The summed E-state index contributed by atoms with van der Waals surface area (Å²) in [6.07, 6.45) is 1.59. The van der Waals surface area contributed by atoms with Gasteiger partial charge in [-0.15, -0.1) is 0 Å². The third-order valence-corrected chi connectivity index (χ3v) is 2.95. The zero-order valence-corrected chi connectivity index (χ0v) is 11.8. The quantitative estimate of drug-likeness (QED) is 0.705. The molecule has 0 radical (unpaired) electrons. The Morgan fingerprint density at radius 2 is 2.05 bits per heavy atom. The molecule has 3 rings (SSSR count). The molecule has 0 aliphatic heterocycles. The van der Waals surface area contributed by atoms with E-state index < -0.39 is 6.03 Å². The van der Waals surface area contributed by atoms with E-state index in [9.17, 15) is 4.79 Å². The van der Waals surface area contributed by atoms with Crippen molar-refractivity contribution in [1.82, 2.24) is 9.97 Å². The number of halogens is 1. The SMILES string of the molecule is Cc1cc(Cl)nc(NC(=O)Nc2ccc3occc3c2)n1. The number of furan rings is 1. The Bertz CT molecular complexity index is 795. The van der Waals surface area contributed by atoms with Crippen molar-refractivity contribution in [3.63, 3.8) is 0 Å². The maximum atomic E-state index is 11.9. The highest BCUT2D eigenvalue weighted by molar-refractivity contribution is 6.29. The van der Waals surface area contributed by atoms with Crippen LogP contribution < -0.4 is 10.6 Å². The lowest BCUT2D eigenvalue weighted by Gasteiger charge is -2.07. The molecule has 7 heteroatoms. The minimum atomic E-state index is -0.445. The van der Waals surface area contributed by atoms with Crippen LogP contribution in [0.5, 0.6) is 0 Å². The molecule has 21 heavy (non-hydrogen) atoms. The second kappa shape index (κ2) is 5.41. The summed E-state index contributed by atoms with van der Waals surface area (Å²) >= 11 is 5.81. The summed E-state index contributed by atoms with van der Waals surface area (Å²) < 4.78 is 5.24. The average Bonchev–Trinajstić information content (AvgIpc) is 2.84. The highest BCUT2D eigenvalue weighted by Crippen LogP contribution is 2.20. The molecule has 0 atom stereocenters. The van der Waals surface area contributed by atoms with Crippen molar-refractivity contribution in [1.29, 1.82) is 0 Å². The van der Waals surface area contributed by atoms with Gasteiger partial charge in [0.1, 0.15) is 10.7 Å². The van der Waals surface area contributed by atoms with Crippen LogP contribution in [-0.4, -0.2) is 16.0 Å². The zero-order chi connectivity index (χ0) is 14.8. The Labute approximate surface area is 125 Å². The molecule has 2 amide bonds. The number of anilines is 2. The number of nitrogens with one attached hydrogen (secondary N) is 2. The number of rotatable bonds is 2. The summed E-state index contributed by atoms with van der Waals surface area (Å²) in [6.45, 7) is 1.77. The molecule has 0 unspecified atom stereocenters. The molecule has 6 nitrogen and oxygen atoms in total. The van der Waals surface area contributed by atoms with Crippen LogP contribution in [0.25, 0.3) is 11.0 Å². The number of hydrogen-bond donors (Lipinski definition) is 2. The first-order valence-corrected chi connectivity index (χ1v) is 6.54. The Morgan fingerprint density at radius 1 is 1.19 bits per heavy atom. The molecular weight excluding hydrogens is 292 g/mol. The van der Waals surface area contributed by atoms with Gasteiger partial charge in [-0.2, -0.15) is 0 Å². The monoisotopic (exact) mass is 302 g/mol. The van der Waals surface area contributed by atoms with E-state index in [1.807, 2.05) is 12.1 Å². The van der Waals surface area contributed by atoms with Gasteiger partial charge in [0.2, 0.25) is 5.95 Å². The summed E-state index contributed by atoms with van der Waals surface area (Å²) in [4.78, 5) is 19.9. The molecule has 0 aliphatic rings. The summed E-state index contributed by atoms with van der Waals surface area (Å²) in [5.41, 5.74) is 2.07. The van der Waals surface area contributed by atoms with Gasteiger partial charge in [-0.1, -0.05) is 11.6 Å². The number of amides is 2. The fraction of sp³-hybridized carbons (Fsp3) is 0.0714. The van der Waals surface area contributed by atoms with Crippen molar-refractivity contribution in [2.75, 3.05) is 10.6 Å². The van der Waals surface area contributed by atoms with Crippen LogP contribution in [0.3, 0.4) is 0 Å². The van der Waals surface area contributed by atoms with Gasteiger partial charge in [0.05, 0.1) is 6.26 Å². The van der Waals surface area contributed by atoms with Crippen LogP contribution in [0.2, 0.25) is 5.15 Å². The number of carbonyl (C=O) groups excluding carboxylic acids is 1. The second-order valence-corrected chi connectivity index (χ2v) is 4.80. The Morgan fingerprint density at radius 3 is 2.86 bits per heavy atom. The fourth-order valence-corrected chi connectivity index (χ4v) is 2.13. The van der Waals surface area contributed by atoms with Crippen molar-refractivity contribution in [2.24, 2.45) is 0 Å². The van der Waals surface area contributed by atoms with Crippen molar-refractivity contribution >= 4 is 40.2 Å². The van der Waals surface area contributed by atoms with Gasteiger partial charge in [0.15, 0.2) is 0 Å². The first-order valence-electron chi connectivity index (χ1n) is 6.16. The van der Waals surface area contributed by atoms with Gasteiger partial charge in [-0.3, -0.25) is 5.32 Å². The van der Waals surface area contributed by atoms with Crippen LogP contribution in [0.15, 0.2) is 41.0 Å². The van der Waals surface area contributed by atoms with Crippen LogP contribution in [0.1, 0.15) is 5.69 Å². The number of benzene rings is 1. The Hall–Kier alpha value is -2.60. The molecular formula is C14H11ClN4O2. The predicted molar refractivity (Wildman–Crippen MR) is 80.6 cm³/mol. The molecule has 1 aromatic carbocycles. The number of aromatic nitrogens is 2. The first-order chi connectivity index (χ1) is 10.1. The topological polar surface area (TPSA) is 80.0 Å². The lowest BCUT2D eigenvalue weighted by molar-refractivity contribution is 0.262. The van der Waals surface area contributed by atoms with Gasteiger partial charge in [0.25, 0.3) is 0 Å². The number of nitrogens with zero attached hydrogens (tertiary/aromatic N) is 2. The van der Waals surface area contributed by atoms with E-state index in [1.165, 1.54) is 0 Å². The van der Waals surface area contributed by atoms with Crippen molar-refractivity contribution in [2.45, 2.75) is 6.92 Å². The molecule has 0 aliphatic carbocycles. The number of aryl methyl sites for hydroxylation is 1. The van der Waals surface area contributed by atoms with E-state index in [0.717, 1.165) is 11.0 Å². The lowest BCUT2D eigenvalue weighted by Crippen LogP contribution is -2.21. The second-order valence-electron chi connectivity index (χ2n) is 4.41. The van der Waals surface area contributed by atoms with Gasteiger partial charge in [0, 0.05) is 16.8 Å². The summed E-state index contributed by atoms with van der Waals surface area (Å²) in [5, 5.41) is 6.41. The summed E-state index contributed by atoms with van der Waals surface area (Å²) in [5.74, 6) is 0.155. The van der Waals surface area contributed by atoms with Crippen LogP contribution in [-0.2, 0) is 0 Å². The molecule has 0 spiro atoms. The van der Waals surface area contributed by atoms with E-state index in [2.05, 4.69) is 20.6 Å². The third kappa shape index (κ3) is 3.11. The smallest absolute Gasteiger partial charge is 0.326 e. The average molecular weight is 303 g/mol. The van der Waals surface area contributed by atoms with E-state index in [-0.39, 0.29) is 11.1 Å². The molecule has 0 saturated carbocycles. The molecule has 106 valence electrons. The minimum Gasteiger partial charge on any atom is -0.464 e. The number of urea groups is 1. The fourth-order valence-electron chi connectivity index (χ4n) is 1.89. The minimum absolute atomic E-state index is 0.155. The molecule has 2 N–H and O–H groups in total. The lowest BCUT2D eigenvalue weighted by atomic mass is 10.2. The van der Waals surface area contributed by atoms with Crippen molar-refractivity contribution in [3.05, 3.63) is 47.4 Å². The number of hydrogen-bond acceptors (Lipinski definition) is 4. The van der Waals surface area contributed by atoms with Gasteiger partial charge < -0.3 is 9.73 Å². The Kier molecular flexibility index (Phi) is 3.45. The molecule has 3 aromatic rings. The van der Waals surface area contributed by atoms with Crippen molar-refractivity contribution in [3.8, 4) is 0 Å². The molecule has 0 saturated heterocycles. The predicted octanol–water partition coefficient (Wildman–Crippen LogP) is 3.83. The Balaban J connectivity index is 1.73. The molecule has 0 fully saturated rings.